The lowest BCUT2D eigenvalue weighted by molar-refractivity contribution is -0.168. The van der Waals surface area contributed by atoms with E-state index in [4.69, 9.17) is 8.92 Å². The van der Waals surface area contributed by atoms with E-state index in [1.54, 1.807) is 0 Å². The molecule has 6 aliphatic heterocycles. The highest BCUT2D eigenvalue weighted by Crippen LogP contribution is 2.43. The highest BCUT2D eigenvalue weighted by Gasteiger charge is 2.45. The first-order valence-electron chi connectivity index (χ1n) is 21.1. The summed E-state index contributed by atoms with van der Waals surface area (Å²) in [6.45, 7) is 1.39. The fourth-order valence-corrected chi connectivity index (χ4v) is 10.5. The molecule has 9 heterocycles. The second kappa shape index (κ2) is 19.8. The molecular formula is C42H49F9N6O6S. The summed E-state index contributed by atoms with van der Waals surface area (Å²) in [6.07, 6.45) is -0.556. The first-order valence-corrected chi connectivity index (χ1v) is 21.8. The summed E-state index contributed by atoms with van der Waals surface area (Å²) in [5.74, 6) is 1.48. The number of fused-ring (bicyclic) bond motifs is 6. The van der Waals surface area contributed by atoms with E-state index in [0.717, 1.165) is 100 Å². The molecule has 0 aliphatic carbocycles. The number of ether oxygens (including phenoxy) is 1. The van der Waals surface area contributed by atoms with E-state index in [1.165, 1.54) is 32.2 Å². The van der Waals surface area contributed by atoms with Crippen LogP contribution >= 0.6 is 12.3 Å². The summed E-state index contributed by atoms with van der Waals surface area (Å²) in [7, 11) is 1.40. The molecule has 6 fully saturated rings. The van der Waals surface area contributed by atoms with Crippen LogP contribution in [0.25, 0.3) is 0 Å². The van der Waals surface area contributed by atoms with E-state index in [-0.39, 0.29) is 60.5 Å². The Morgan fingerprint density at radius 1 is 0.578 bits per heavy atom. The zero-order valence-electron chi connectivity index (χ0n) is 34.9. The Bertz CT molecular complexity index is 1960. The average molecular weight is 937 g/mol. The van der Waals surface area contributed by atoms with Gasteiger partial charge in [0.25, 0.3) is 0 Å². The standard InChI is InChI=1S/C15H17F3N2O2.C14H17F3N2O3S.C13H15F3N2O/c1-9(21)22-13-6-11-3-4-12(7-13)20(11)14-5-2-10(8-19-14)15(16,17)18;1-20-22-23-21-12-6-10-3-4-11(7-12)19(10)13-5-2-9(8-18-13)14(15,16)17;14-13(15,16)8-1-4-12(17-7-8)18-9-2-3-10(18)6-11(19)5-9/h2,5,8,11-13H,3-4,6-7H2,1H3;2,5,8,10-12H,3-4,6-7H2,1H3;1,4,7,9-11,19H,2-3,5-6H2/t11-,12+,13?;10-,11+,12?;9-,10+,11?. The lowest BCUT2D eigenvalue weighted by Gasteiger charge is -2.39. The molecule has 6 saturated heterocycles. The normalized spacial score (nSPS) is 28.6. The molecule has 3 aromatic rings. The van der Waals surface area contributed by atoms with Crippen molar-refractivity contribution in [2.75, 3.05) is 21.8 Å². The Balaban J connectivity index is 0.000000144. The van der Waals surface area contributed by atoms with Crippen LogP contribution < -0.4 is 14.7 Å². The first kappa shape index (κ1) is 47.8. The molecule has 352 valence electrons. The van der Waals surface area contributed by atoms with E-state index >= 15 is 0 Å². The van der Waals surface area contributed by atoms with E-state index in [0.29, 0.717) is 43.1 Å². The predicted octanol–water partition coefficient (Wildman–Crippen LogP) is 9.51. The summed E-state index contributed by atoms with van der Waals surface area (Å²) < 4.78 is 129. The number of pyridine rings is 3. The Labute approximate surface area is 368 Å². The minimum absolute atomic E-state index is 0.0401. The minimum atomic E-state index is -4.37. The second-order valence-corrected chi connectivity index (χ2v) is 17.4. The maximum Gasteiger partial charge on any atom is 0.417 e. The number of piperidine rings is 3. The first-order chi connectivity index (χ1) is 30.3. The molecule has 6 bridgehead atoms. The Morgan fingerprint density at radius 2 is 0.906 bits per heavy atom. The number of aliphatic hydroxyl groups excluding tert-OH is 1. The number of carbonyl (C=O) groups excluding carboxylic acids is 1. The van der Waals surface area contributed by atoms with Crippen LogP contribution in [0.2, 0.25) is 0 Å². The van der Waals surface area contributed by atoms with E-state index in [1.807, 2.05) is 0 Å². The summed E-state index contributed by atoms with van der Waals surface area (Å²) in [5, 5.41) is 9.71. The van der Waals surface area contributed by atoms with Crippen LogP contribution in [0.4, 0.5) is 57.0 Å². The number of anilines is 3. The van der Waals surface area contributed by atoms with E-state index in [9.17, 15) is 49.4 Å². The smallest absolute Gasteiger partial charge is 0.417 e. The highest BCUT2D eigenvalue weighted by atomic mass is 32.2. The van der Waals surface area contributed by atoms with Crippen molar-refractivity contribution in [2.45, 2.75) is 157 Å². The van der Waals surface area contributed by atoms with Gasteiger partial charge in [-0.1, -0.05) is 0 Å². The summed E-state index contributed by atoms with van der Waals surface area (Å²) in [6, 6.07) is 8.77. The molecule has 22 heteroatoms. The molecule has 9 atom stereocenters. The molecule has 6 aliphatic rings. The minimum Gasteiger partial charge on any atom is -0.462 e. The number of hydrogen-bond acceptors (Lipinski definition) is 13. The molecule has 1 N–H and O–H groups in total. The van der Waals surface area contributed by atoms with E-state index in [2.05, 4.69) is 38.9 Å². The Kier molecular flexibility index (Phi) is 14.8. The van der Waals surface area contributed by atoms with Gasteiger partial charge in [-0.15, -0.1) is 4.33 Å². The maximum atomic E-state index is 12.6. The zero-order chi connectivity index (χ0) is 46.0. The average Bonchev–Trinajstić information content (AvgIpc) is 3.78. The van der Waals surface area contributed by atoms with Gasteiger partial charge in [0.2, 0.25) is 0 Å². The van der Waals surface area contributed by atoms with Crippen molar-refractivity contribution in [1.82, 2.24) is 15.0 Å². The van der Waals surface area contributed by atoms with Gasteiger partial charge in [-0.25, -0.2) is 19.8 Å². The molecule has 0 aromatic carbocycles. The third-order valence-corrected chi connectivity index (χ3v) is 13.3. The maximum absolute atomic E-state index is 12.6. The van der Waals surface area contributed by atoms with Gasteiger partial charge >= 0.3 is 24.5 Å². The number of alkyl halides is 9. The van der Waals surface area contributed by atoms with Crippen LogP contribution in [-0.4, -0.2) is 87.7 Å². The fourth-order valence-electron chi connectivity index (χ4n) is 10.2. The second-order valence-electron chi connectivity index (χ2n) is 16.9. The van der Waals surface area contributed by atoms with Gasteiger partial charge in [0.05, 0.1) is 36.0 Å². The number of esters is 1. The van der Waals surface area contributed by atoms with Crippen LogP contribution in [0.15, 0.2) is 55.0 Å². The quantitative estimate of drug-likeness (QED) is 0.0577. The zero-order valence-corrected chi connectivity index (χ0v) is 35.7. The number of rotatable bonds is 8. The molecule has 64 heavy (non-hydrogen) atoms. The molecule has 0 saturated carbocycles. The molecule has 12 nitrogen and oxygen atoms in total. The third kappa shape index (κ3) is 11.5. The van der Waals surface area contributed by atoms with Crippen molar-refractivity contribution >= 4 is 35.7 Å². The Morgan fingerprint density at radius 3 is 1.19 bits per heavy atom. The van der Waals surface area contributed by atoms with Crippen LogP contribution in [0.1, 0.15) is 101 Å². The number of nitrogens with zero attached hydrogens (tertiary/aromatic N) is 6. The number of hydrogen-bond donors (Lipinski definition) is 1. The molecule has 3 unspecified atom stereocenters. The SMILES string of the molecule is CC(=O)OC1C[C@H]2CC[C@@H](C1)N2c1ccc(C(F)(F)F)cn1.COOSOC1C[C@H]2CC[C@@H](C1)N2c1ccc(C(F)(F)F)cn1.OC1C[C@H]2CC[C@@H](C1)N2c1ccc(C(F)(F)F)cn1. The molecule has 3 aromatic heterocycles. The lowest BCUT2D eigenvalue weighted by Crippen LogP contribution is -2.46. The van der Waals surface area contributed by atoms with Crippen molar-refractivity contribution < 1.29 is 67.6 Å². The monoisotopic (exact) mass is 936 g/mol. The number of aliphatic hydroxyl groups is 1. The topological polar surface area (TPSA) is 123 Å². The molecule has 0 radical (unpaired) electrons. The Hall–Kier alpha value is -4.12. The molecular weight excluding hydrogens is 888 g/mol. The van der Waals surface area contributed by atoms with Gasteiger partial charge < -0.3 is 24.5 Å². The van der Waals surface area contributed by atoms with Crippen molar-refractivity contribution in [3.05, 3.63) is 71.7 Å². The third-order valence-electron chi connectivity index (χ3n) is 12.7. The number of halogens is 9. The highest BCUT2D eigenvalue weighted by molar-refractivity contribution is 7.89. The van der Waals surface area contributed by atoms with Gasteiger partial charge in [0.1, 0.15) is 23.6 Å². The van der Waals surface area contributed by atoms with Crippen LogP contribution in [0.5, 0.6) is 0 Å². The lowest BCUT2D eigenvalue weighted by atomic mass is 9.99. The molecule has 0 spiro atoms. The van der Waals surface area contributed by atoms with Crippen LogP contribution in [-0.2, 0) is 41.5 Å². The number of carbonyl (C=O) groups is 1. The van der Waals surface area contributed by atoms with Crippen molar-refractivity contribution in [3.8, 4) is 0 Å². The summed E-state index contributed by atoms with van der Waals surface area (Å²) >= 11 is 0.812. The molecule has 0 amide bonds. The van der Waals surface area contributed by atoms with E-state index < -0.39 is 35.2 Å². The van der Waals surface area contributed by atoms with Gasteiger partial charge in [-0.2, -0.15) is 39.5 Å². The van der Waals surface area contributed by atoms with Crippen molar-refractivity contribution in [3.63, 3.8) is 0 Å². The van der Waals surface area contributed by atoms with Crippen molar-refractivity contribution in [2.24, 2.45) is 0 Å². The van der Waals surface area contributed by atoms with Gasteiger partial charge in [0, 0.05) is 74.6 Å². The van der Waals surface area contributed by atoms with Crippen molar-refractivity contribution in [1.29, 1.82) is 0 Å². The van der Waals surface area contributed by atoms with Gasteiger partial charge in [-0.3, -0.25) is 8.98 Å². The van der Waals surface area contributed by atoms with Crippen LogP contribution in [0, 0.1) is 0 Å². The van der Waals surface area contributed by atoms with Gasteiger partial charge in [0.15, 0.2) is 12.3 Å². The van der Waals surface area contributed by atoms with Crippen LogP contribution in [0.3, 0.4) is 0 Å². The largest absolute Gasteiger partial charge is 0.462 e. The summed E-state index contributed by atoms with van der Waals surface area (Å²) in [4.78, 5) is 33.8. The summed E-state index contributed by atoms with van der Waals surface area (Å²) in [5.41, 5.74) is -2.18. The molecule has 9 rings (SSSR count). The predicted molar refractivity (Wildman–Crippen MR) is 215 cm³/mol. The number of aromatic nitrogens is 3. The van der Waals surface area contributed by atoms with Gasteiger partial charge in [-0.05, 0) is 101 Å². The fraction of sp³-hybridized carbons (Fsp3) is 0.619.